The van der Waals surface area contributed by atoms with Crippen LogP contribution in [0, 0.1) is 13.8 Å². The van der Waals surface area contributed by atoms with Gasteiger partial charge in [-0.1, -0.05) is 47.7 Å². The van der Waals surface area contributed by atoms with Crippen LogP contribution in [0.25, 0.3) is 17.1 Å². The molecule has 2 aromatic heterocycles. The minimum atomic E-state index is 0.738. The number of thioether (sulfide) groups is 1. The highest BCUT2D eigenvalue weighted by atomic mass is 32.2. The van der Waals surface area contributed by atoms with Crippen LogP contribution in [-0.2, 0) is 5.75 Å². The van der Waals surface area contributed by atoms with Crippen LogP contribution in [0.15, 0.2) is 72.1 Å². The number of rotatable bonds is 6. The molecule has 0 aliphatic carbocycles. The van der Waals surface area contributed by atoms with Gasteiger partial charge in [-0.05, 0) is 43.7 Å². The first-order valence-electron chi connectivity index (χ1n) is 9.35. The Balaban J connectivity index is 1.76. The molecule has 0 aliphatic heterocycles. The van der Waals surface area contributed by atoms with Gasteiger partial charge in [-0.2, -0.15) is 0 Å². The highest BCUT2D eigenvalue weighted by Crippen LogP contribution is 2.32. The fourth-order valence-corrected chi connectivity index (χ4v) is 4.16. The summed E-state index contributed by atoms with van der Waals surface area (Å²) < 4.78 is 7.64. The van der Waals surface area contributed by atoms with Crippen LogP contribution in [0.3, 0.4) is 0 Å². The highest BCUT2D eigenvalue weighted by molar-refractivity contribution is 7.98. The first kappa shape index (κ1) is 19.2. The van der Waals surface area contributed by atoms with E-state index in [-0.39, 0.29) is 0 Å². The van der Waals surface area contributed by atoms with E-state index in [1.165, 1.54) is 5.56 Å². The van der Waals surface area contributed by atoms with Gasteiger partial charge in [0.1, 0.15) is 5.75 Å². The first-order chi connectivity index (χ1) is 14.2. The van der Waals surface area contributed by atoms with Crippen molar-refractivity contribution in [3.63, 3.8) is 0 Å². The average molecular weight is 403 g/mol. The summed E-state index contributed by atoms with van der Waals surface area (Å²) in [5.74, 6) is 2.41. The lowest BCUT2D eigenvalue weighted by Crippen LogP contribution is -2.02. The molecule has 2 heterocycles. The molecule has 0 saturated heterocycles. The molecule has 0 spiro atoms. The van der Waals surface area contributed by atoms with Crippen molar-refractivity contribution in [1.29, 1.82) is 0 Å². The number of hydrogen-bond acceptors (Lipinski definition) is 5. The summed E-state index contributed by atoms with van der Waals surface area (Å²) in [6.45, 7) is 4.18. The van der Waals surface area contributed by atoms with E-state index >= 15 is 0 Å². The van der Waals surface area contributed by atoms with E-state index in [2.05, 4.69) is 57.9 Å². The molecule has 0 saturated carbocycles. The molecule has 0 aliphatic rings. The third-order valence-electron chi connectivity index (χ3n) is 4.70. The van der Waals surface area contributed by atoms with Crippen molar-refractivity contribution in [2.45, 2.75) is 24.8 Å². The van der Waals surface area contributed by atoms with E-state index in [0.29, 0.717) is 0 Å². The first-order valence-corrected chi connectivity index (χ1v) is 10.3. The molecule has 146 valence electrons. The normalized spacial score (nSPS) is 10.9. The lowest BCUT2D eigenvalue weighted by molar-refractivity contribution is 0.411. The zero-order valence-corrected chi connectivity index (χ0v) is 17.5. The molecule has 0 N–H and O–H groups in total. The molecule has 0 bridgehead atoms. The number of benzene rings is 2. The number of aromatic nitrogens is 4. The molecule has 2 aromatic carbocycles. The zero-order chi connectivity index (χ0) is 20.2. The van der Waals surface area contributed by atoms with Crippen molar-refractivity contribution in [1.82, 2.24) is 19.7 Å². The molecule has 29 heavy (non-hydrogen) atoms. The van der Waals surface area contributed by atoms with E-state index in [1.807, 2.05) is 36.5 Å². The number of para-hydroxylation sites is 1. The monoisotopic (exact) mass is 402 g/mol. The van der Waals surface area contributed by atoms with Gasteiger partial charge in [0.15, 0.2) is 11.0 Å². The molecule has 4 rings (SSSR count). The lowest BCUT2D eigenvalue weighted by atomic mass is 10.1. The maximum atomic E-state index is 5.53. The highest BCUT2D eigenvalue weighted by Gasteiger charge is 2.18. The fraction of sp³-hybridized carbons (Fsp3) is 0.174. The Hall–Kier alpha value is -3.12. The summed E-state index contributed by atoms with van der Waals surface area (Å²) in [6, 6.07) is 18.4. The number of pyridine rings is 1. The Morgan fingerprint density at radius 3 is 2.62 bits per heavy atom. The number of nitrogens with zero attached hydrogens (tertiary/aromatic N) is 4. The summed E-state index contributed by atoms with van der Waals surface area (Å²) in [5.41, 5.74) is 5.50. The SMILES string of the molecule is COc1ccc(C)cc1CSc1nnc(-c2cccnc2)n1-c1ccccc1C. The topological polar surface area (TPSA) is 52.8 Å². The van der Waals surface area contributed by atoms with Gasteiger partial charge >= 0.3 is 0 Å². The van der Waals surface area contributed by atoms with Crippen LogP contribution >= 0.6 is 11.8 Å². The van der Waals surface area contributed by atoms with Crippen LogP contribution in [0.5, 0.6) is 5.75 Å². The van der Waals surface area contributed by atoms with Crippen LogP contribution in [0.1, 0.15) is 16.7 Å². The lowest BCUT2D eigenvalue weighted by Gasteiger charge is -2.13. The second-order valence-corrected chi connectivity index (χ2v) is 7.72. The van der Waals surface area contributed by atoms with E-state index in [0.717, 1.165) is 44.9 Å². The zero-order valence-electron chi connectivity index (χ0n) is 16.7. The van der Waals surface area contributed by atoms with Crippen molar-refractivity contribution in [2.75, 3.05) is 7.11 Å². The molecular formula is C23H22N4OS. The second-order valence-electron chi connectivity index (χ2n) is 6.77. The Morgan fingerprint density at radius 2 is 1.86 bits per heavy atom. The number of methoxy groups -OCH3 is 1. The average Bonchev–Trinajstić information content (AvgIpc) is 3.17. The van der Waals surface area contributed by atoms with E-state index in [9.17, 15) is 0 Å². The summed E-state index contributed by atoms with van der Waals surface area (Å²) in [6.07, 6.45) is 3.58. The molecule has 0 amide bonds. The van der Waals surface area contributed by atoms with Gasteiger partial charge in [0, 0.05) is 29.3 Å². The summed E-state index contributed by atoms with van der Waals surface area (Å²) >= 11 is 1.65. The maximum Gasteiger partial charge on any atom is 0.196 e. The summed E-state index contributed by atoms with van der Waals surface area (Å²) in [4.78, 5) is 4.25. The third-order valence-corrected chi connectivity index (χ3v) is 5.68. The van der Waals surface area contributed by atoms with E-state index in [4.69, 9.17) is 4.74 Å². The van der Waals surface area contributed by atoms with Crippen LogP contribution in [0.4, 0.5) is 0 Å². The molecule has 5 nitrogen and oxygen atoms in total. The Morgan fingerprint density at radius 1 is 1.00 bits per heavy atom. The Bertz CT molecular complexity index is 1120. The van der Waals surface area contributed by atoms with Gasteiger partial charge in [-0.3, -0.25) is 9.55 Å². The second kappa shape index (κ2) is 8.49. The van der Waals surface area contributed by atoms with Gasteiger partial charge in [0.25, 0.3) is 0 Å². The summed E-state index contributed by atoms with van der Waals surface area (Å²) in [5, 5.41) is 9.84. The molecule has 0 fully saturated rings. The molecule has 0 unspecified atom stereocenters. The molecule has 6 heteroatoms. The molecule has 0 atom stereocenters. The van der Waals surface area contributed by atoms with Crippen LogP contribution in [-0.4, -0.2) is 26.9 Å². The standard InChI is InChI=1S/C23H22N4OS/c1-16-10-11-21(28-3)19(13-16)15-29-23-26-25-22(18-8-6-12-24-14-18)27(23)20-9-5-4-7-17(20)2/h4-14H,15H2,1-3H3. The van der Waals surface area contributed by atoms with Gasteiger partial charge in [-0.15, -0.1) is 10.2 Å². The fourth-order valence-electron chi connectivity index (χ4n) is 3.24. The number of hydrogen-bond donors (Lipinski definition) is 0. The number of ether oxygens (including phenoxy) is 1. The quantitative estimate of drug-likeness (QED) is 0.413. The van der Waals surface area contributed by atoms with Gasteiger partial charge in [0.2, 0.25) is 0 Å². The minimum Gasteiger partial charge on any atom is -0.496 e. The van der Waals surface area contributed by atoms with Gasteiger partial charge < -0.3 is 4.74 Å². The van der Waals surface area contributed by atoms with Crippen molar-refractivity contribution in [3.05, 3.63) is 83.7 Å². The third kappa shape index (κ3) is 4.03. The smallest absolute Gasteiger partial charge is 0.196 e. The number of aryl methyl sites for hydroxylation is 2. The minimum absolute atomic E-state index is 0.738. The van der Waals surface area contributed by atoms with Crippen molar-refractivity contribution in [3.8, 4) is 22.8 Å². The van der Waals surface area contributed by atoms with Crippen molar-refractivity contribution < 1.29 is 4.74 Å². The Kier molecular flexibility index (Phi) is 5.62. The Labute approximate surface area is 174 Å². The van der Waals surface area contributed by atoms with Crippen molar-refractivity contribution in [2.24, 2.45) is 0 Å². The van der Waals surface area contributed by atoms with Gasteiger partial charge in [0.05, 0.1) is 12.8 Å². The van der Waals surface area contributed by atoms with Crippen molar-refractivity contribution >= 4 is 11.8 Å². The molecule has 0 radical (unpaired) electrons. The van der Waals surface area contributed by atoms with E-state index < -0.39 is 0 Å². The predicted molar refractivity (Wildman–Crippen MR) is 117 cm³/mol. The molecular weight excluding hydrogens is 380 g/mol. The summed E-state index contributed by atoms with van der Waals surface area (Å²) in [7, 11) is 1.70. The van der Waals surface area contributed by atoms with E-state index in [1.54, 1.807) is 25.1 Å². The largest absolute Gasteiger partial charge is 0.496 e. The van der Waals surface area contributed by atoms with Gasteiger partial charge in [-0.25, -0.2) is 0 Å². The van der Waals surface area contributed by atoms with Crippen LogP contribution < -0.4 is 4.74 Å². The maximum absolute atomic E-state index is 5.53. The molecule has 4 aromatic rings. The van der Waals surface area contributed by atoms with Crippen LogP contribution in [0.2, 0.25) is 0 Å². The predicted octanol–water partition coefficient (Wildman–Crippen LogP) is 5.25.